The Kier molecular flexibility index (Phi) is 2.22. The molecule has 0 aliphatic carbocycles. The first-order chi connectivity index (χ1) is 7.22. The zero-order chi connectivity index (χ0) is 10.8. The highest BCUT2D eigenvalue weighted by Gasteiger charge is 2.10. The summed E-state index contributed by atoms with van der Waals surface area (Å²) >= 11 is 0. The van der Waals surface area contributed by atoms with Crippen LogP contribution in [0.1, 0.15) is 5.69 Å². The topological polar surface area (TPSA) is 41.6 Å². The number of hydrogen-bond acceptors (Lipinski definition) is 2. The van der Waals surface area contributed by atoms with E-state index in [2.05, 4.69) is 4.98 Å². The number of benzene rings is 1. The summed E-state index contributed by atoms with van der Waals surface area (Å²) in [7, 11) is 1.73. The molecule has 2 aromatic rings. The number of nitrogens with zero attached hydrogens (tertiary/aromatic N) is 3. The van der Waals surface area contributed by atoms with Gasteiger partial charge in [0.1, 0.15) is 23.3 Å². The number of imidazole rings is 1. The minimum absolute atomic E-state index is 0.331. The SMILES string of the molecule is Cn1cnc(-c2cccc(F)c2)c1C#N. The van der Waals surface area contributed by atoms with Crippen molar-refractivity contribution in [3.05, 3.63) is 42.1 Å². The predicted octanol–water partition coefficient (Wildman–Crippen LogP) is 2.10. The molecule has 0 atom stereocenters. The fraction of sp³-hybridized carbons (Fsp3) is 0.0909. The summed E-state index contributed by atoms with van der Waals surface area (Å²) in [5.41, 5.74) is 1.56. The molecule has 0 unspecified atom stereocenters. The lowest BCUT2D eigenvalue weighted by atomic mass is 10.1. The van der Waals surface area contributed by atoms with E-state index >= 15 is 0 Å². The Morgan fingerprint density at radius 3 is 2.93 bits per heavy atom. The van der Waals surface area contributed by atoms with Crippen LogP contribution in [0.2, 0.25) is 0 Å². The summed E-state index contributed by atoms with van der Waals surface area (Å²) in [5, 5.41) is 8.91. The van der Waals surface area contributed by atoms with Crippen LogP contribution in [0, 0.1) is 17.1 Å². The molecule has 1 aromatic heterocycles. The summed E-state index contributed by atoms with van der Waals surface area (Å²) in [6.07, 6.45) is 1.54. The van der Waals surface area contributed by atoms with Crippen molar-refractivity contribution in [3.63, 3.8) is 0 Å². The van der Waals surface area contributed by atoms with E-state index in [-0.39, 0.29) is 5.82 Å². The van der Waals surface area contributed by atoms with Gasteiger partial charge in [-0.15, -0.1) is 0 Å². The average molecular weight is 201 g/mol. The highest BCUT2D eigenvalue weighted by molar-refractivity contribution is 5.64. The maximum Gasteiger partial charge on any atom is 0.147 e. The molecule has 1 heterocycles. The van der Waals surface area contributed by atoms with E-state index in [4.69, 9.17) is 5.26 Å². The second-order valence-corrected chi connectivity index (χ2v) is 3.17. The van der Waals surface area contributed by atoms with Crippen LogP contribution in [0.4, 0.5) is 4.39 Å². The monoisotopic (exact) mass is 201 g/mol. The number of halogens is 1. The van der Waals surface area contributed by atoms with E-state index < -0.39 is 0 Å². The molecule has 0 aliphatic rings. The molecule has 0 saturated heterocycles. The Balaban J connectivity index is 2.60. The Morgan fingerprint density at radius 2 is 2.27 bits per heavy atom. The molecular weight excluding hydrogens is 193 g/mol. The summed E-state index contributed by atoms with van der Waals surface area (Å²) in [5.74, 6) is -0.331. The van der Waals surface area contributed by atoms with E-state index in [1.54, 1.807) is 30.1 Å². The lowest BCUT2D eigenvalue weighted by molar-refractivity contribution is 0.628. The summed E-state index contributed by atoms with van der Waals surface area (Å²) in [4.78, 5) is 4.07. The van der Waals surface area contributed by atoms with Crippen molar-refractivity contribution in [1.82, 2.24) is 9.55 Å². The van der Waals surface area contributed by atoms with Gasteiger partial charge in [0.25, 0.3) is 0 Å². The molecule has 1 aromatic carbocycles. The van der Waals surface area contributed by atoms with Crippen LogP contribution in [0.5, 0.6) is 0 Å². The number of aromatic nitrogens is 2. The van der Waals surface area contributed by atoms with Gasteiger partial charge >= 0.3 is 0 Å². The van der Waals surface area contributed by atoms with E-state index in [1.165, 1.54) is 12.1 Å². The van der Waals surface area contributed by atoms with Crippen LogP contribution in [0.3, 0.4) is 0 Å². The Labute approximate surface area is 86.4 Å². The van der Waals surface area contributed by atoms with Crippen molar-refractivity contribution < 1.29 is 4.39 Å². The minimum Gasteiger partial charge on any atom is -0.325 e. The van der Waals surface area contributed by atoms with Crippen LogP contribution in [-0.2, 0) is 7.05 Å². The van der Waals surface area contributed by atoms with Gasteiger partial charge in [0.05, 0.1) is 6.33 Å². The lowest BCUT2D eigenvalue weighted by Gasteiger charge is -1.98. The first-order valence-electron chi connectivity index (χ1n) is 4.39. The molecule has 3 nitrogen and oxygen atoms in total. The first kappa shape index (κ1) is 9.41. The van der Waals surface area contributed by atoms with Crippen molar-refractivity contribution in [2.45, 2.75) is 0 Å². The average Bonchev–Trinajstić information content (AvgIpc) is 2.59. The maximum absolute atomic E-state index is 13.0. The van der Waals surface area contributed by atoms with Crippen LogP contribution in [-0.4, -0.2) is 9.55 Å². The van der Waals surface area contributed by atoms with Gasteiger partial charge in [-0.1, -0.05) is 12.1 Å². The lowest BCUT2D eigenvalue weighted by Crippen LogP contribution is -1.90. The highest BCUT2D eigenvalue weighted by Crippen LogP contribution is 2.21. The van der Waals surface area contributed by atoms with Crippen molar-refractivity contribution >= 4 is 0 Å². The van der Waals surface area contributed by atoms with Crippen LogP contribution in [0.15, 0.2) is 30.6 Å². The molecule has 74 valence electrons. The second kappa shape index (κ2) is 3.54. The van der Waals surface area contributed by atoms with Crippen molar-refractivity contribution in [1.29, 1.82) is 5.26 Å². The third-order valence-electron chi connectivity index (χ3n) is 2.14. The van der Waals surface area contributed by atoms with Crippen molar-refractivity contribution in [2.24, 2.45) is 7.05 Å². The number of hydrogen-bond donors (Lipinski definition) is 0. The van der Waals surface area contributed by atoms with E-state index in [1.807, 2.05) is 6.07 Å². The number of aryl methyl sites for hydroxylation is 1. The molecule has 0 radical (unpaired) electrons. The van der Waals surface area contributed by atoms with E-state index in [0.717, 1.165) is 0 Å². The largest absolute Gasteiger partial charge is 0.325 e. The highest BCUT2D eigenvalue weighted by atomic mass is 19.1. The standard InChI is InChI=1S/C11H8FN3/c1-15-7-14-11(10(15)6-13)8-3-2-4-9(12)5-8/h2-5,7H,1H3. The second-order valence-electron chi connectivity index (χ2n) is 3.17. The fourth-order valence-electron chi connectivity index (χ4n) is 1.41. The van der Waals surface area contributed by atoms with Crippen LogP contribution >= 0.6 is 0 Å². The van der Waals surface area contributed by atoms with Crippen LogP contribution < -0.4 is 0 Å². The maximum atomic E-state index is 13.0. The first-order valence-corrected chi connectivity index (χ1v) is 4.39. The zero-order valence-electron chi connectivity index (χ0n) is 8.11. The molecule has 0 bridgehead atoms. The smallest absolute Gasteiger partial charge is 0.147 e. The third kappa shape index (κ3) is 1.59. The van der Waals surface area contributed by atoms with Gasteiger partial charge in [-0.05, 0) is 12.1 Å². The number of nitriles is 1. The fourth-order valence-corrected chi connectivity index (χ4v) is 1.41. The summed E-state index contributed by atoms with van der Waals surface area (Å²) in [6.45, 7) is 0. The van der Waals surface area contributed by atoms with Gasteiger partial charge in [0.2, 0.25) is 0 Å². The van der Waals surface area contributed by atoms with Gasteiger partial charge < -0.3 is 4.57 Å². The van der Waals surface area contributed by atoms with Gasteiger partial charge in [-0.3, -0.25) is 0 Å². The molecule has 15 heavy (non-hydrogen) atoms. The van der Waals surface area contributed by atoms with Gasteiger partial charge in [-0.25, -0.2) is 9.37 Å². The summed E-state index contributed by atoms with van der Waals surface area (Å²) < 4.78 is 14.6. The Morgan fingerprint density at radius 1 is 1.47 bits per heavy atom. The van der Waals surface area contributed by atoms with Crippen molar-refractivity contribution in [2.75, 3.05) is 0 Å². The normalized spacial score (nSPS) is 9.93. The molecule has 0 saturated carbocycles. The molecule has 0 fully saturated rings. The predicted molar refractivity (Wildman–Crippen MR) is 53.3 cm³/mol. The zero-order valence-corrected chi connectivity index (χ0v) is 8.11. The quantitative estimate of drug-likeness (QED) is 0.709. The Bertz CT molecular complexity index is 537. The van der Waals surface area contributed by atoms with Gasteiger partial charge in [0, 0.05) is 12.6 Å². The molecule has 4 heteroatoms. The molecule has 2 rings (SSSR count). The van der Waals surface area contributed by atoms with Crippen molar-refractivity contribution in [3.8, 4) is 17.3 Å². The molecule has 0 N–H and O–H groups in total. The molecule has 0 aliphatic heterocycles. The molecule has 0 spiro atoms. The van der Waals surface area contributed by atoms with Gasteiger partial charge in [-0.2, -0.15) is 5.26 Å². The van der Waals surface area contributed by atoms with E-state index in [0.29, 0.717) is 17.0 Å². The molecular formula is C11H8FN3. The third-order valence-corrected chi connectivity index (χ3v) is 2.14. The number of rotatable bonds is 1. The Hall–Kier alpha value is -2.15. The van der Waals surface area contributed by atoms with Crippen LogP contribution in [0.25, 0.3) is 11.3 Å². The summed E-state index contributed by atoms with van der Waals surface area (Å²) in [6, 6.07) is 8.09. The minimum atomic E-state index is -0.331. The molecule has 0 amide bonds. The van der Waals surface area contributed by atoms with Gasteiger partial charge in [0.15, 0.2) is 0 Å². The van der Waals surface area contributed by atoms with E-state index in [9.17, 15) is 4.39 Å².